The molecule has 11 rings (SSSR count). The van der Waals surface area contributed by atoms with Crippen molar-refractivity contribution in [3.05, 3.63) is 293 Å². The SMILES string of the molecule is C[C@@H]1O[C@@H](O[C@H]2C(O)c3c(OCc4ccccc4)cc(OCc4ccccc4)cc3O[C@@H]2c2ccc(OCc3ccccc3)c(OCc3ccccc3)c2)[C@H](OCc2ccccc2)[C@H](OCc2ccccc2)[C@H]1OCc1ccccc1. The first-order valence-corrected chi connectivity index (χ1v) is 27.6. The van der Waals surface area contributed by atoms with Gasteiger partial charge in [0.15, 0.2) is 23.9 Å². The maximum Gasteiger partial charge on any atom is 0.187 e. The zero-order chi connectivity index (χ0) is 55.0. The fraction of sp³-hybridized carbons (Fsp3) is 0.229. The molecule has 1 fully saturated rings. The van der Waals surface area contributed by atoms with E-state index < -0.39 is 49.0 Å². The minimum atomic E-state index is -1.38. The van der Waals surface area contributed by atoms with Crippen LogP contribution in [0.5, 0.6) is 28.7 Å². The van der Waals surface area contributed by atoms with Gasteiger partial charge in [-0.1, -0.05) is 218 Å². The number of fused-ring (bicyclic) bond motifs is 1. The van der Waals surface area contributed by atoms with Crippen molar-refractivity contribution < 1.29 is 52.5 Å². The molecule has 2 heterocycles. The first-order valence-electron chi connectivity index (χ1n) is 27.6. The van der Waals surface area contributed by atoms with E-state index in [1.54, 1.807) is 12.1 Å². The number of benzene rings is 9. The zero-order valence-corrected chi connectivity index (χ0v) is 45.2. The van der Waals surface area contributed by atoms with E-state index in [9.17, 15) is 5.11 Å². The van der Waals surface area contributed by atoms with E-state index in [0.29, 0.717) is 53.1 Å². The molecule has 81 heavy (non-hydrogen) atoms. The molecule has 0 spiro atoms. The molecule has 9 aromatic carbocycles. The molecule has 0 bridgehead atoms. The summed E-state index contributed by atoms with van der Waals surface area (Å²) in [7, 11) is 0. The smallest absolute Gasteiger partial charge is 0.187 e. The Balaban J connectivity index is 1.00. The summed E-state index contributed by atoms with van der Waals surface area (Å²) in [6, 6.07) is 79.0. The van der Waals surface area contributed by atoms with Crippen LogP contribution in [0.1, 0.15) is 69.2 Å². The Morgan fingerprint density at radius 1 is 0.370 bits per heavy atom. The number of hydrogen-bond acceptors (Lipinski definition) is 11. The Morgan fingerprint density at radius 2 is 0.765 bits per heavy atom. The van der Waals surface area contributed by atoms with Gasteiger partial charge < -0.3 is 52.5 Å². The first-order chi connectivity index (χ1) is 40.0. The highest BCUT2D eigenvalue weighted by atomic mass is 16.7. The Labute approximate surface area is 474 Å². The van der Waals surface area contributed by atoms with Crippen LogP contribution in [-0.2, 0) is 69.9 Å². The van der Waals surface area contributed by atoms with E-state index >= 15 is 0 Å². The summed E-state index contributed by atoms with van der Waals surface area (Å²) in [5.74, 6) is 2.20. The van der Waals surface area contributed by atoms with Crippen LogP contribution in [0.2, 0.25) is 0 Å². The molecule has 11 nitrogen and oxygen atoms in total. The molecule has 412 valence electrons. The lowest BCUT2D eigenvalue weighted by molar-refractivity contribution is -0.340. The fourth-order valence-electron chi connectivity index (χ4n) is 10.1. The second-order valence-electron chi connectivity index (χ2n) is 20.2. The van der Waals surface area contributed by atoms with E-state index in [1.807, 2.05) is 237 Å². The molecule has 1 saturated heterocycles. The summed E-state index contributed by atoms with van der Waals surface area (Å²) in [5, 5.41) is 13.4. The molecule has 0 aromatic heterocycles. The van der Waals surface area contributed by atoms with Gasteiger partial charge >= 0.3 is 0 Å². The van der Waals surface area contributed by atoms with Crippen LogP contribution in [0.15, 0.2) is 243 Å². The average Bonchev–Trinajstić information content (AvgIpc) is 3.61. The van der Waals surface area contributed by atoms with Gasteiger partial charge in [-0.2, -0.15) is 0 Å². The molecular formula is C70H66O11. The Bertz CT molecular complexity index is 3320. The highest BCUT2D eigenvalue weighted by Gasteiger charge is 2.51. The van der Waals surface area contributed by atoms with Crippen LogP contribution in [0.4, 0.5) is 0 Å². The molecule has 0 amide bonds. The highest BCUT2D eigenvalue weighted by Crippen LogP contribution is 2.51. The molecule has 1 unspecified atom stereocenters. The van der Waals surface area contributed by atoms with E-state index in [-0.39, 0.29) is 33.0 Å². The lowest BCUT2D eigenvalue weighted by atomic mass is 9.90. The predicted octanol–water partition coefficient (Wildman–Crippen LogP) is 14.1. The fourth-order valence-corrected chi connectivity index (χ4v) is 10.1. The standard InChI is InChI=1S/C70H66O11/c1-49-65(76-46-54-31-17-6-18-32-54)68(77-47-55-33-19-7-20-34-55)69(78-48-56-35-21-8-22-36-56)70(79-49)81-67-64(71)63-61(75-45-53-29-15-5-16-30-53)40-58(72-42-50-23-9-2-10-24-50)41-62(63)80-66(67)57-37-38-59(73-43-51-25-11-3-12-26-51)60(39-57)74-44-52-27-13-4-14-28-52/h2-41,49,64-71H,42-48H2,1H3/t49-,64?,65-,66+,67-,68+,69+,70-/m0/s1. The molecule has 0 radical (unpaired) electrons. The van der Waals surface area contributed by atoms with Crippen LogP contribution < -0.4 is 23.7 Å². The summed E-state index contributed by atoms with van der Waals surface area (Å²) in [6.07, 6.45) is -7.51. The van der Waals surface area contributed by atoms with Crippen LogP contribution in [-0.4, -0.2) is 41.9 Å². The largest absolute Gasteiger partial charge is 0.489 e. The Hall–Kier alpha value is -8.26. The number of aliphatic hydroxyl groups is 1. The first kappa shape index (κ1) is 54.7. The lowest BCUT2D eigenvalue weighted by Gasteiger charge is -2.47. The van der Waals surface area contributed by atoms with Crippen LogP contribution >= 0.6 is 0 Å². The number of ether oxygens (including phenoxy) is 10. The number of rotatable bonds is 24. The van der Waals surface area contributed by atoms with Gasteiger partial charge in [0.25, 0.3) is 0 Å². The van der Waals surface area contributed by atoms with Gasteiger partial charge in [0.1, 0.15) is 74.2 Å². The highest BCUT2D eigenvalue weighted by molar-refractivity contribution is 5.55. The van der Waals surface area contributed by atoms with Gasteiger partial charge in [-0.3, -0.25) is 0 Å². The molecule has 1 N–H and O–H groups in total. The third kappa shape index (κ3) is 14.4. The van der Waals surface area contributed by atoms with Crippen molar-refractivity contribution in [3.63, 3.8) is 0 Å². The van der Waals surface area contributed by atoms with Crippen molar-refractivity contribution in [2.75, 3.05) is 0 Å². The topological polar surface area (TPSA) is 113 Å². The second kappa shape index (κ2) is 27.3. The lowest BCUT2D eigenvalue weighted by Crippen LogP contribution is -2.61. The van der Waals surface area contributed by atoms with E-state index in [0.717, 1.165) is 38.9 Å². The molecular weight excluding hydrogens is 1020 g/mol. The molecule has 8 atom stereocenters. The van der Waals surface area contributed by atoms with E-state index in [2.05, 4.69) is 0 Å². The van der Waals surface area contributed by atoms with Crippen molar-refractivity contribution in [2.24, 2.45) is 0 Å². The number of hydrogen-bond donors (Lipinski definition) is 1. The van der Waals surface area contributed by atoms with Crippen LogP contribution in [0, 0.1) is 0 Å². The van der Waals surface area contributed by atoms with Gasteiger partial charge in [-0.05, 0) is 63.6 Å². The monoisotopic (exact) mass is 1080 g/mol. The summed E-state index contributed by atoms with van der Waals surface area (Å²) < 4.78 is 68.8. The summed E-state index contributed by atoms with van der Waals surface area (Å²) in [5.41, 5.74) is 7.82. The number of aliphatic hydroxyl groups excluding tert-OH is 1. The molecule has 0 aliphatic carbocycles. The van der Waals surface area contributed by atoms with Gasteiger partial charge in [0.2, 0.25) is 0 Å². The summed E-state index contributed by atoms with van der Waals surface area (Å²) in [6.45, 7) is 3.77. The molecule has 2 aliphatic rings. The normalized spacial score (nSPS) is 20.3. The zero-order valence-electron chi connectivity index (χ0n) is 45.2. The van der Waals surface area contributed by atoms with Crippen molar-refractivity contribution in [1.82, 2.24) is 0 Å². The van der Waals surface area contributed by atoms with Gasteiger partial charge in [0.05, 0.1) is 31.5 Å². The molecule has 11 heteroatoms. The van der Waals surface area contributed by atoms with Crippen molar-refractivity contribution in [1.29, 1.82) is 0 Å². The van der Waals surface area contributed by atoms with E-state index in [4.69, 9.17) is 47.4 Å². The quantitative estimate of drug-likeness (QED) is 0.0624. The summed E-state index contributed by atoms with van der Waals surface area (Å²) in [4.78, 5) is 0. The Kier molecular flexibility index (Phi) is 18.4. The minimum absolute atomic E-state index is 0.200. The van der Waals surface area contributed by atoms with Crippen molar-refractivity contribution in [3.8, 4) is 28.7 Å². The van der Waals surface area contributed by atoms with Gasteiger partial charge in [0, 0.05) is 12.1 Å². The van der Waals surface area contributed by atoms with Crippen LogP contribution in [0.25, 0.3) is 0 Å². The molecule has 9 aromatic rings. The van der Waals surface area contributed by atoms with Gasteiger partial charge in [-0.15, -0.1) is 0 Å². The second-order valence-corrected chi connectivity index (χ2v) is 20.2. The van der Waals surface area contributed by atoms with Crippen molar-refractivity contribution >= 4 is 0 Å². The van der Waals surface area contributed by atoms with Crippen LogP contribution in [0.3, 0.4) is 0 Å². The third-order valence-electron chi connectivity index (χ3n) is 14.4. The van der Waals surface area contributed by atoms with E-state index in [1.165, 1.54) is 0 Å². The maximum atomic E-state index is 13.4. The minimum Gasteiger partial charge on any atom is -0.489 e. The average molecular weight is 1080 g/mol. The van der Waals surface area contributed by atoms with Crippen molar-refractivity contribution in [2.45, 2.75) is 102 Å². The molecule has 0 saturated carbocycles. The molecule has 2 aliphatic heterocycles. The Morgan fingerprint density at radius 3 is 1.23 bits per heavy atom. The van der Waals surface area contributed by atoms with Gasteiger partial charge in [-0.25, -0.2) is 0 Å². The summed E-state index contributed by atoms with van der Waals surface area (Å²) >= 11 is 0. The maximum absolute atomic E-state index is 13.4. The predicted molar refractivity (Wildman–Crippen MR) is 309 cm³/mol. The third-order valence-corrected chi connectivity index (χ3v) is 14.4.